The van der Waals surface area contributed by atoms with Crippen molar-refractivity contribution in [1.82, 2.24) is 19.0 Å². The van der Waals surface area contributed by atoms with Gasteiger partial charge in [0, 0.05) is 75.3 Å². The number of aryl methyl sites for hydroxylation is 3. The number of nitrogens with two attached hydrogens (primary N) is 1. The first kappa shape index (κ1) is 38.3. The van der Waals surface area contributed by atoms with Crippen molar-refractivity contribution in [2.24, 2.45) is 26.9 Å². The Kier molecular flexibility index (Phi) is 13.6. The van der Waals surface area contributed by atoms with Gasteiger partial charge in [-0.15, -0.1) is 24.0 Å². The number of carbonyl (C=O) groups is 4. The number of amides is 4. The van der Waals surface area contributed by atoms with Crippen molar-refractivity contribution in [3.8, 4) is 0 Å². The molecule has 0 fully saturated rings. The third-order valence-corrected chi connectivity index (χ3v) is 8.79. The van der Waals surface area contributed by atoms with Crippen LogP contribution in [0.5, 0.6) is 0 Å². The van der Waals surface area contributed by atoms with E-state index in [1.807, 2.05) is 0 Å². The summed E-state index contributed by atoms with van der Waals surface area (Å²) >= 11 is 5.66. The molecule has 1 atom stereocenters. The zero-order valence-corrected chi connectivity index (χ0v) is 29.3. The normalized spacial score (nSPS) is 11.4. The lowest BCUT2D eigenvalue weighted by Gasteiger charge is -2.04. The van der Waals surface area contributed by atoms with Crippen LogP contribution in [0.1, 0.15) is 43.4 Å². The maximum absolute atomic E-state index is 13.1. The van der Waals surface area contributed by atoms with Gasteiger partial charge in [-0.05, 0) is 42.0 Å². The van der Waals surface area contributed by atoms with Gasteiger partial charge in [0.05, 0.1) is 33.7 Å². The summed E-state index contributed by atoms with van der Waals surface area (Å²) in [7, 11) is 3.82. The van der Waals surface area contributed by atoms with Crippen LogP contribution in [0, 0.1) is 5.41 Å². The average molecular weight is 731 g/mol. The molecule has 4 rings (SSSR count). The largest absolute Gasteiger partial charge is 0.388 e. The molecular weight excluding hydrogens is 693 g/mol. The number of hydrogen-bond acceptors (Lipinski definition) is 6. The monoisotopic (exact) mass is 729 g/mol. The number of anilines is 3. The number of rotatable bonds is 14. The van der Waals surface area contributed by atoms with E-state index in [1.165, 1.54) is 24.3 Å². The predicted octanol–water partition coefficient (Wildman–Crippen LogP) is 3.68. The van der Waals surface area contributed by atoms with Crippen LogP contribution in [0.25, 0.3) is 6.08 Å². The second kappa shape index (κ2) is 17.3. The standard InChI is InChI=1S/C32H36ClN9O5S.ClH/c1-40-18-22(15-25(40)30(44)36-12-10-28(34)35)38-32(46)27-16-23(19-42(27)3)39-31(45)26-14-21(17-41(26)2)37-29(43)9-6-20-4-7-24(8-5-20)48(47)13-11-33;/h4-9,14-19H,10-13H2,1-3H3,(H3,34,35)(H,36,44)(H,37,43)(H,38,46)(H,39,45);1H/b9-6+;. The van der Waals surface area contributed by atoms with Gasteiger partial charge in [0.2, 0.25) is 5.91 Å². The summed E-state index contributed by atoms with van der Waals surface area (Å²) < 4.78 is 16.7. The Hall–Kier alpha value is -5.12. The first-order valence-electron chi connectivity index (χ1n) is 14.6. The summed E-state index contributed by atoms with van der Waals surface area (Å²) in [6.45, 7) is 0.215. The van der Waals surface area contributed by atoms with Gasteiger partial charge in [-0.25, -0.2) is 0 Å². The quantitative estimate of drug-likeness (QED) is 0.0495. The van der Waals surface area contributed by atoms with Crippen molar-refractivity contribution in [3.05, 3.63) is 89.8 Å². The highest BCUT2D eigenvalue weighted by Gasteiger charge is 2.19. The molecule has 0 saturated heterocycles. The molecule has 49 heavy (non-hydrogen) atoms. The first-order valence-corrected chi connectivity index (χ1v) is 16.5. The summed E-state index contributed by atoms with van der Waals surface area (Å²) in [5.74, 6) is -1.05. The highest BCUT2D eigenvalue weighted by atomic mass is 35.5. The van der Waals surface area contributed by atoms with Crippen molar-refractivity contribution in [2.75, 3.05) is 34.1 Å². The van der Waals surface area contributed by atoms with Crippen molar-refractivity contribution in [1.29, 1.82) is 5.41 Å². The molecule has 0 saturated carbocycles. The number of benzene rings is 1. The van der Waals surface area contributed by atoms with E-state index in [0.717, 1.165) is 5.56 Å². The smallest absolute Gasteiger partial charge is 0.272 e. The van der Waals surface area contributed by atoms with Crippen LogP contribution in [0.2, 0.25) is 0 Å². The Bertz CT molecular complexity index is 1910. The van der Waals surface area contributed by atoms with Gasteiger partial charge in [-0.3, -0.25) is 28.8 Å². The number of hydrogen-bond donors (Lipinski definition) is 6. The SMILES string of the molecule is Cl.Cn1cc(NC(=O)c2cc(NC(=O)c3cc(NC(=O)/C=C/c4ccc(S(=O)CCCl)cc4)cn3C)cn2C)cc1C(=O)NCCC(=N)N. The highest BCUT2D eigenvalue weighted by Crippen LogP contribution is 2.20. The molecule has 4 aromatic rings. The summed E-state index contributed by atoms with van der Waals surface area (Å²) in [6.07, 6.45) is 7.99. The first-order chi connectivity index (χ1) is 22.8. The van der Waals surface area contributed by atoms with E-state index in [1.54, 1.807) is 83.8 Å². The Morgan fingerprint density at radius 2 is 1.29 bits per heavy atom. The molecule has 0 aliphatic carbocycles. The fourth-order valence-corrected chi connectivity index (χ4v) is 5.88. The lowest BCUT2D eigenvalue weighted by Crippen LogP contribution is -2.28. The van der Waals surface area contributed by atoms with Crippen LogP contribution in [0.4, 0.5) is 17.1 Å². The molecule has 0 aliphatic rings. The maximum atomic E-state index is 13.1. The highest BCUT2D eigenvalue weighted by molar-refractivity contribution is 7.85. The summed E-state index contributed by atoms with van der Waals surface area (Å²) in [6, 6.07) is 11.5. The Morgan fingerprint density at radius 3 is 1.76 bits per heavy atom. The van der Waals surface area contributed by atoms with Gasteiger partial charge in [0.1, 0.15) is 17.1 Å². The molecule has 1 unspecified atom stereocenters. The zero-order valence-electron chi connectivity index (χ0n) is 26.9. The van der Waals surface area contributed by atoms with Crippen LogP contribution in [-0.4, -0.2) is 65.6 Å². The number of aromatic nitrogens is 3. The van der Waals surface area contributed by atoms with Crippen molar-refractivity contribution in [2.45, 2.75) is 11.3 Å². The van der Waals surface area contributed by atoms with Gasteiger partial charge in [-0.2, -0.15) is 0 Å². The van der Waals surface area contributed by atoms with Crippen molar-refractivity contribution < 1.29 is 23.4 Å². The van der Waals surface area contributed by atoms with Crippen LogP contribution in [-0.2, 0) is 36.7 Å². The molecule has 14 nitrogen and oxygen atoms in total. The summed E-state index contributed by atoms with van der Waals surface area (Å²) in [5, 5.41) is 18.2. The topological polar surface area (TPSA) is 198 Å². The number of nitrogens with zero attached hydrogens (tertiary/aromatic N) is 3. The van der Waals surface area contributed by atoms with Crippen LogP contribution in [0.15, 0.2) is 72.0 Å². The molecule has 7 N–H and O–H groups in total. The lowest BCUT2D eigenvalue weighted by atomic mass is 10.2. The fourth-order valence-electron chi connectivity index (χ4n) is 4.64. The molecule has 260 valence electrons. The molecule has 17 heteroatoms. The van der Waals surface area contributed by atoms with Crippen molar-refractivity contribution >= 4 is 87.4 Å². The number of amidine groups is 1. The van der Waals surface area contributed by atoms with Gasteiger partial charge in [0.25, 0.3) is 17.7 Å². The molecule has 3 aromatic heterocycles. The lowest BCUT2D eigenvalue weighted by molar-refractivity contribution is -0.111. The Morgan fingerprint density at radius 1 is 0.816 bits per heavy atom. The average Bonchev–Trinajstić information content (AvgIpc) is 3.71. The van der Waals surface area contributed by atoms with E-state index in [4.69, 9.17) is 22.7 Å². The van der Waals surface area contributed by atoms with E-state index in [2.05, 4.69) is 21.3 Å². The minimum atomic E-state index is -1.17. The van der Waals surface area contributed by atoms with Gasteiger partial charge in [-0.1, -0.05) is 12.1 Å². The van der Waals surface area contributed by atoms with E-state index >= 15 is 0 Å². The second-order valence-corrected chi connectivity index (χ2v) is 12.7. The van der Waals surface area contributed by atoms with Gasteiger partial charge in [0.15, 0.2) is 0 Å². The maximum Gasteiger partial charge on any atom is 0.272 e. The van der Waals surface area contributed by atoms with Crippen molar-refractivity contribution in [3.63, 3.8) is 0 Å². The van der Waals surface area contributed by atoms with Gasteiger partial charge < -0.3 is 40.7 Å². The molecule has 0 aliphatic heterocycles. The van der Waals surface area contributed by atoms with E-state index in [0.29, 0.717) is 39.3 Å². The summed E-state index contributed by atoms with van der Waals surface area (Å²) in [5.41, 5.74) is 8.09. The molecule has 1 aromatic carbocycles. The van der Waals surface area contributed by atoms with Gasteiger partial charge >= 0.3 is 0 Å². The van der Waals surface area contributed by atoms with E-state index in [-0.39, 0.29) is 48.5 Å². The van der Waals surface area contributed by atoms with Crippen LogP contribution >= 0.6 is 24.0 Å². The molecule has 0 bridgehead atoms. The number of carbonyl (C=O) groups excluding carboxylic acids is 4. The molecular formula is C32H37Cl2N9O5S. The van der Waals surface area contributed by atoms with Crippen LogP contribution < -0.4 is 27.0 Å². The number of nitrogens with one attached hydrogen (secondary N) is 5. The Balaban J connectivity index is 0.00000650. The number of halogens is 2. The predicted molar refractivity (Wildman–Crippen MR) is 194 cm³/mol. The summed E-state index contributed by atoms with van der Waals surface area (Å²) in [4.78, 5) is 51.8. The van der Waals surface area contributed by atoms with E-state index in [9.17, 15) is 23.4 Å². The van der Waals surface area contributed by atoms with Crippen LogP contribution in [0.3, 0.4) is 0 Å². The molecule has 0 radical (unpaired) electrons. The van der Waals surface area contributed by atoms with E-state index < -0.39 is 28.5 Å². The Labute approximate surface area is 296 Å². The third kappa shape index (κ3) is 10.4. The molecule has 0 spiro atoms. The molecule has 3 heterocycles. The number of alkyl halides is 1. The third-order valence-electron chi connectivity index (χ3n) is 7.01. The zero-order chi connectivity index (χ0) is 35.0. The molecule has 4 amide bonds. The minimum Gasteiger partial charge on any atom is -0.388 e. The minimum absolute atomic E-state index is 0. The second-order valence-electron chi connectivity index (χ2n) is 10.7. The fraction of sp³-hybridized carbons (Fsp3) is 0.219.